The second-order valence-electron chi connectivity index (χ2n) is 4.37. The second-order valence-corrected chi connectivity index (χ2v) is 4.37. The van der Waals surface area contributed by atoms with Gasteiger partial charge in [-0.15, -0.1) is 0 Å². The van der Waals surface area contributed by atoms with Crippen LogP contribution in [0.15, 0.2) is 28.7 Å². The van der Waals surface area contributed by atoms with Gasteiger partial charge in [0.25, 0.3) is 6.01 Å². The molecule has 2 aromatic rings. The van der Waals surface area contributed by atoms with Crippen LogP contribution in [0.3, 0.4) is 0 Å². The fourth-order valence-electron chi connectivity index (χ4n) is 2.09. The highest BCUT2D eigenvalue weighted by molar-refractivity contribution is 5.74. The van der Waals surface area contributed by atoms with Crippen LogP contribution in [0.5, 0.6) is 0 Å². The Hall–Kier alpha value is -1.59. The van der Waals surface area contributed by atoms with Crippen molar-refractivity contribution in [1.29, 1.82) is 0 Å². The van der Waals surface area contributed by atoms with Crippen LogP contribution in [-0.4, -0.2) is 49.3 Å². The average Bonchev–Trinajstić information content (AvgIpc) is 2.82. The van der Waals surface area contributed by atoms with Gasteiger partial charge < -0.3 is 14.5 Å². The zero-order valence-electron chi connectivity index (χ0n) is 10.3. The van der Waals surface area contributed by atoms with Gasteiger partial charge in [0.1, 0.15) is 5.52 Å². The van der Waals surface area contributed by atoms with Crippen molar-refractivity contribution in [3.8, 4) is 0 Å². The molecule has 18 heavy (non-hydrogen) atoms. The molecule has 0 bridgehead atoms. The van der Waals surface area contributed by atoms with Gasteiger partial charge in [0.15, 0.2) is 5.58 Å². The average molecular weight is 247 g/mol. The van der Waals surface area contributed by atoms with E-state index in [0.717, 1.165) is 50.5 Å². The summed E-state index contributed by atoms with van der Waals surface area (Å²) < 4.78 is 10.9. The Kier molecular flexibility index (Phi) is 3.43. The number of ether oxygens (including phenoxy) is 1. The van der Waals surface area contributed by atoms with E-state index < -0.39 is 0 Å². The molecule has 0 atom stereocenters. The molecule has 2 heterocycles. The molecule has 96 valence electrons. The first kappa shape index (κ1) is 11.5. The van der Waals surface area contributed by atoms with Crippen LogP contribution < -0.4 is 5.32 Å². The van der Waals surface area contributed by atoms with E-state index in [9.17, 15) is 0 Å². The number of rotatable bonds is 4. The van der Waals surface area contributed by atoms with Crippen LogP contribution in [0.25, 0.3) is 11.1 Å². The number of morpholine rings is 1. The predicted octanol–water partition coefficient (Wildman–Crippen LogP) is 1.57. The number of aromatic nitrogens is 1. The Balaban J connectivity index is 1.53. The van der Waals surface area contributed by atoms with Gasteiger partial charge in [0.05, 0.1) is 13.2 Å². The van der Waals surface area contributed by atoms with E-state index in [1.807, 2.05) is 24.3 Å². The topological polar surface area (TPSA) is 50.5 Å². The molecule has 1 N–H and O–H groups in total. The zero-order valence-corrected chi connectivity index (χ0v) is 10.3. The Morgan fingerprint density at radius 3 is 2.89 bits per heavy atom. The number of oxazole rings is 1. The smallest absolute Gasteiger partial charge is 0.295 e. The highest BCUT2D eigenvalue weighted by Gasteiger charge is 2.10. The van der Waals surface area contributed by atoms with Gasteiger partial charge >= 0.3 is 0 Å². The van der Waals surface area contributed by atoms with E-state index >= 15 is 0 Å². The summed E-state index contributed by atoms with van der Waals surface area (Å²) in [6.07, 6.45) is 0. The molecular weight excluding hydrogens is 230 g/mol. The summed E-state index contributed by atoms with van der Waals surface area (Å²) in [7, 11) is 0. The van der Waals surface area contributed by atoms with E-state index in [2.05, 4.69) is 15.2 Å². The summed E-state index contributed by atoms with van der Waals surface area (Å²) >= 11 is 0. The Bertz CT molecular complexity index is 473. The highest BCUT2D eigenvalue weighted by atomic mass is 16.5. The minimum absolute atomic E-state index is 0.601. The van der Waals surface area contributed by atoms with Gasteiger partial charge in [0.2, 0.25) is 0 Å². The summed E-state index contributed by atoms with van der Waals surface area (Å²) in [5, 5.41) is 3.22. The molecule has 0 radical (unpaired) electrons. The van der Waals surface area contributed by atoms with Gasteiger partial charge in [-0.05, 0) is 12.1 Å². The van der Waals surface area contributed by atoms with Gasteiger partial charge in [-0.1, -0.05) is 12.1 Å². The number of anilines is 1. The number of benzene rings is 1. The van der Waals surface area contributed by atoms with Gasteiger partial charge in [-0.3, -0.25) is 4.90 Å². The third-order valence-electron chi connectivity index (χ3n) is 3.10. The van der Waals surface area contributed by atoms with E-state index in [-0.39, 0.29) is 0 Å². The van der Waals surface area contributed by atoms with Crippen molar-refractivity contribution in [2.45, 2.75) is 0 Å². The molecule has 0 spiro atoms. The van der Waals surface area contributed by atoms with Gasteiger partial charge in [0, 0.05) is 26.2 Å². The summed E-state index contributed by atoms with van der Waals surface area (Å²) in [6, 6.07) is 8.39. The van der Waals surface area contributed by atoms with Gasteiger partial charge in [-0.25, -0.2) is 0 Å². The fourth-order valence-corrected chi connectivity index (χ4v) is 2.09. The van der Waals surface area contributed by atoms with E-state index in [4.69, 9.17) is 9.15 Å². The molecule has 1 aromatic heterocycles. The maximum atomic E-state index is 5.59. The van der Waals surface area contributed by atoms with Crippen molar-refractivity contribution < 1.29 is 9.15 Å². The monoisotopic (exact) mass is 247 g/mol. The second kappa shape index (κ2) is 5.37. The fraction of sp³-hybridized carbons (Fsp3) is 0.462. The molecule has 3 rings (SSSR count). The lowest BCUT2D eigenvalue weighted by molar-refractivity contribution is 0.0398. The zero-order chi connectivity index (χ0) is 12.2. The first-order valence-electron chi connectivity index (χ1n) is 6.31. The summed E-state index contributed by atoms with van der Waals surface area (Å²) in [5.41, 5.74) is 1.72. The molecule has 0 amide bonds. The summed E-state index contributed by atoms with van der Waals surface area (Å²) in [5.74, 6) is 0. The van der Waals surface area contributed by atoms with Gasteiger partial charge in [-0.2, -0.15) is 4.98 Å². The Labute approximate surface area is 106 Å². The van der Waals surface area contributed by atoms with Crippen molar-refractivity contribution in [2.75, 3.05) is 44.7 Å². The standard InChI is InChI=1S/C13H17N3O2/c1-2-4-12-11(3-1)15-13(18-12)14-5-6-16-7-9-17-10-8-16/h1-4H,5-10H2,(H,14,15). The van der Waals surface area contributed by atoms with Crippen molar-refractivity contribution >= 4 is 17.1 Å². The predicted molar refractivity (Wildman–Crippen MR) is 69.8 cm³/mol. The third-order valence-corrected chi connectivity index (χ3v) is 3.10. The molecule has 0 aliphatic carbocycles. The highest BCUT2D eigenvalue weighted by Crippen LogP contribution is 2.17. The van der Waals surface area contributed by atoms with Crippen molar-refractivity contribution in [1.82, 2.24) is 9.88 Å². The number of nitrogens with one attached hydrogen (secondary N) is 1. The molecule has 1 aliphatic heterocycles. The number of fused-ring (bicyclic) bond motifs is 1. The Morgan fingerprint density at radius 1 is 1.22 bits per heavy atom. The van der Waals surface area contributed by atoms with Crippen LogP contribution in [0.1, 0.15) is 0 Å². The molecule has 1 fully saturated rings. The summed E-state index contributed by atoms with van der Waals surface area (Å²) in [4.78, 5) is 6.75. The quantitative estimate of drug-likeness (QED) is 0.888. The minimum Gasteiger partial charge on any atom is -0.424 e. The number of nitrogens with zero attached hydrogens (tertiary/aromatic N) is 2. The lowest BCUT2D eigenvalue weighted by atomic mass is 10.3. The molecule has 1 aromatic carbocycles. The minimum atomic E-state index is 0.601. The van der Waals surface area contributed by atoms with Crippen LogP contribution in [-0.2, 0) is 4.74 Å². The third kappa shape index (κ3) is 2.63. The molecule has 1 saturated heterocycles. The Morgan fingerprint density at radius 2 is 2.06 bits per heavy atom. The molecule has 5 heteroatoms. The van der Waals surface area contributed by atoms with Crippen LogP contribution in [0.2, 0.25) is 0 Å². The van der Waals surface area contributed by atoms with E-state index in [1.54, 1.807) is 0 Å². The van der Waals surface area contributed by atoms with Crippen LogP contribution in [0, 0.1) is 0 Å². The number of hydrogen-bond acceptors (Lipinski definition) is 5. The van der Waals surface area contributed by atoms with Crippen LogP contribution in [0.4, 0.5) is 6.01 Å². The molecule has 0 unspecified atom stereocenters. The van der Waals surface area contributed by atoms with Crippen molar-refractivity contribution in [3.05, 3.63) is 24.3 Å². The SMILES string of the molecule is c1ccc2oc(NCCN3CCOCC3)nc2c1. The molecule has 0 saturated carbocycles. The summed E-state index contributed by atoms with van der Waals surface area (Å²) in [6.45, 7) is 5.52. The number of hydrogen-bond donors (Lipinski definition) is 1. The first-order valence-corrected chi connectivity index (χ1v) is 6.31. The van der Waals surface area contributed by atoms with Crippen LogP contribution >= 0.6 is 0 Å². The molecule has 1 aliphatic rings. The lowest BCUT2D eigenvalue weighted by Crippen LogP contribution is -2.39. The van der Waals surface area contributed by atoms with Crippen molar-refractivity contribution in [3.63, 3.8) is 0 Å². The largest absolute Gasteiger partial charge is 0.424 e. The molecular formula is C13H17N3O2. The van der Waals surface area contributed by atoms with E-state index in [1.165, 1.54) is 0 Å². The maximum absolute atomic E-state index is 5.59. The maximum Gasteiger partial charge on any atom is 0.295 e. The van der Waals surface area contributed by atoms with Crippen molar-refractivity contribution in [2.24, 2.45) is 0 Å². The number of para-hydroxylation sites is 2. The molecule has 5 nitrogen and oxygen atoms in total. The lowest BCUT2D eigenvalue weighted by Gasteiger charge is -2.26. The van der Waals surface area contributed by atoms with E-state index in [0.29, 0.717) is 6.01 Å². The first-order chi connectivity index (χ1) is 8.92. The normalized spacial score (nSPS) is 17.1.